The average molecular weight is 429 g/mol. The first-order valence-electron chi connectivity index (χ1n) is 11.7. The van der Waals surface area contributed by atoms with Crippen LogP contribution in [0.4, 0.5) is 0 Å². The van der Waals surface area contributed by atoms with Gasteiger partial charge in [-0.05, 0) is 38.1 Å². The number of aliphatic hydroxyl groups is 1. The highest BCUT2D eigenvalue weighted by atomic mass is 32.2. The van der Waals surface area contributed by atoms with Crippen molar-refractivity contribution in [2.24, 2.45) is 0 Å². The second kappa shape index (κ2) is 19.6. The maximum atomic E-state index is 10.8. The zero-order valence-corrected chi connectivity index (χ0v) is 20.6. The Balaban J connectivity index is 4.58. The lowest BCUT2D eigenvalue weighted by molar-refractivity contribution is -0.0733. The first-order chi connectivity index (χ1) is 14.0. The van der Waals surface area contributed by atoms with Crippen molar-refractivity contribution < 1.29 is 9.84 Å². The second-order valence-electron chi connectivity index (χ2n) is 7.85. The van der Waals surface area contributed by atoms with Crippen molar-refractivity contribution in [3.8, 4) is 0 Å². The SMILES string of the molecule is C=C(CCCCC)SC(C)CN(C(O)COCCCCCCC)C(C=CC)NC. The van der Waals surface area contributed by atoms with Crippen LogP contribution in [0.3, 0.4) is 0 Å². The summed E-state index contributed by atoms with van der Waals surface area (Å²) in [5, 5.41) is 14.5. The van der Waals surface area contributed by atoms with Gasteiger partial charge in [0.2, 0.25) is 0 Å². The molecule has 0 aliphatic rings. The van der Waals surface area contributed by atoms with Crippen LogP contribution < -0.4 is 5.32 Å². The minimum Gasteiger partial charge on any atom is -0.377 e. The summed E-state index contributed by atoms with van der Waals surface area (Å²) >= 11 is 1.84. The molecule has 0 aliphatic heterocycles. The Labute approximate surface area is 185 Å². The number of ether oxygens (including phenoxy) is 1. The average Bonchev–Trinajstić information content (AvgIpc) is 2.69. The maximum absolute atomic E-state index is 10.8. The number of hydrogen-bond donors (Lipinski definition) is 2. The summed E-state index contributed by atoms with van der Waals surface area (Å²) in [5.41, 5.74) is 0. The Morgan fingerprint density at radius 2 is 1.79 bits per heavy atom. The predicted octanol–water partition coefficient (Wildman–Crippen LogP) is 5.93. The highest BCUT2D eigenvalue weighted by Crippen LogP contribution is 2.26. The number of nitrogens with zero attached hydrogens (tertiary/aromatic N) is 1. The van der Waals surface area contributed by atoms with E-state index in [-0.39, 0.29) is 6.17 Å². The Bertz CT molecular complexity index is 418. The quantitative estimate of drug-likeness (QED) is 0.143. The molecule has 172 valence electrons. The van der Waals surface area contributed by atoms with E-state index >= 15 is 0 Å². The van der Waals surface area contributed by atoms with Crippen molar-refractivity contribution in [3.05, 3.63) is 23.6 Å². The lowest BCUT2D eigenvalue weighted by Gasteiger charge is -2.35. The van der Waals surface area contributed by atoms with Crippen LogP contribution in [-0.2, 0) is 4.74 Å². The van der Waals surface area contributed by atoms with Crippen LogP contribution in [0.2, 0.25) is 0 Å². The second-order valence-corrected chi connectivity index (χ2v) is 9.47. The fraction of sp³-hybridized carbons (Fsp3) is 0.833. The summed E-state index contributed by atoms with van der Waals surface area (Å²) < 4.78 is 5.79. The first kappa shape index (κ1) is 28.7. The molecule has 0 heterocycles. The van der Waals surface area contributed by atoms with E-state index in [0.29, 0.717) is 11.9 Å². The van der Waals surface area contributed by atoms with E-state index in [0.717, 1.165) is 26.0 Å². The first-order valence-corrected chi connectivity index (χ1v) is 12.5. The molecule has 0 aromatic carbocycles. The Kier molecular flexibility index (Phi) is 19.4. The van der Waals surface area contributed by atoms with Crippen molar-refractivity contribution >= 4 is 11.8 Å². The molecule has 0 saturated carbocycles. The van der Waals surface area contributed by atoms with Gasteiger partial charge in [-0.15, -0.1) is 11.8 Å². The maximum Gasteiger partial charge on any atom is 0.132 e. The number of aliphatic hydroxyl groups excluding tert-OH is 1. The van der Waals surface area contributed by atoms with Gasteiger partial charge in [0.15, 0.2) is 0 Å². The van der Waals surface area contributed by atoms with Crippen LogP contribution in [0.15, 0.2) is 23.6 Å². The number of likely N-dealkylation sites (N-methyl/N-ethyl adjacent to an activating group) is 1. The molecule has 0 radical (unpaired) electrons. The lowest BCUT2D eigenvalue weighted by atomic mass is 10.2. The molecule has 3 unspecified atom stereocenters. The number of allylic oxidation sites excluding steroid dienone is 2. The van der Waals surface area contributed by atoms with Gasteiger partial charge in [0.05, 0.1) is 12.8 Å². The molecule has 29 heavy (non-hydrogen) atoms. The number of thioether (sulfide) groups is 1. The van der Waals surface area contributed by atoms with Gasteiger partial charge in [0.25, 0.3) is 0 Å². The topological polar surface area (TPSA) is 44.7 Å². The van der Waals surface area contributed by atoms with Crippen molar-refractivity contribution in [3.63, 3.8) is 0 Å². The Morgan fingerprint density at radius 1 is 1.14 bits per heavy atom. The largest absolute Gasteiger partial charge is 0.377 e. The molecule has 5 heteroatoms. The Morgan fingerprint density at radius 3 is 2.41 bits per heavy atom. The summed E-state index contributed by atoms with van der Waals surface area (Å²) in [6.07, 6.45) is 14.4. The predicted molar refractivity (Wildman–Crippen MR) is 130 cm³/mol. The van der Waals surface area contributed by atoms with Gasteiger partial charge in [0.1, 0.15) is 6.23 Å². The third kappa shape index (κ3) is 15.2. The van der Waals surface area contributed by atoms with Gasteiger partial charge < -0.3 is 15.2 Å². The molecule has 0 bridgehead atoms. The van der Waals surface area contributed by atoms with E-state index < -0.39 is 6.23 Å². The van der Waals surface area contributed by atoms with Crippen LogP contribution in [0, 0.1) is 0 Å². The lowest BCUT2D eigenvalue weighted by Crippen LogP contribution is -2.52. The molecule has 0 rings (SSSR count). The summed E-state index contributed by atoms with van der Waals surface area (Å²) in [4.78, 5) is 3.34. The van der Waals surface area contributed by atoms with E-state index in [2.05, 4.69) is 43.6 Å². The highest BCUT2D eigenvalue weighted by Gasteiger charge is 2.24. The van der Waals surface area contributed by atoms with Crippen LogP contribution in [0.25, 0.3) is 0 Å². The zero-order valence-electron chi connectivity index (χ0n) is 19.8. The normalized spacial score (nSPS) is 15.1. The van der Waals surface area contributed by atoms with Crippen molar-refractivity contribution in [2.75, 3.05) is 26.8 Å². The minimum atomic E-state index is -0.629. The molecule has 0 fully saturated rings. The van der Waals surface area contributed by atoms with E-state index in [1.165, 1.54) is 49.9 Å². The Hall–Kier alpha value is -0.330. The third-order valence-corrected chi connectivity index (χ3v) is 6.05. The zero-order chi connectivity index (χ0) is 21.9. The monoisotopic (exact) mass is 428 g/mol. The van der Waals surface area contributed by atoms with Gasteiger partial charge in [-0.1, -0.05) is 78.0 Å². The van der Waals surface area contributed by atoms with E-state index in [9.17, 15) is 5.11 Å². The van der Waals surface area contributed by atoms with Crippen LogP contribution in [-0.4, -0.2) is 54.5 Å². The van der Waals surface area contributed by atoms with Gasteiger partial charge in [-0.25, -0.2) is 0 Å². The summed E-state index contributed by atoms with van der Waals surface area (Å²) in [6, 6.07) is 0. The number of rotatable bonds is 20. The molecular weight excluding hydrogens is 380 g/mol. The summed E-state index contributed by atoms with van der Waals surface area (Å²) in [7, 11) is 1.93. The third-order valence-electron chi connectivity index (χ3n) is 4.96. The molecule has 0 aromatic rings. The van der Waals surface area contributed by atoms with E-state index in [4.69, 9.17) is 4.74 Å². The number of hydrogen-bond acceptors (Lipinski definition) is 5. The summed E-state index contributed by atoms with van der Waals surface area (Å²) in [5.74, 6) is 0. The molecule has 4 nitrogen and oxygen atoms in total. The van der Waals surface area contributed by atoms with Crippen LogP contribution in [0.5, 0.6) is 0 Å². The van der Waals surface area contributed by atoms with Crippen molar-refractivity contribution in [1.82, 2.24) is 10.2 Å². The standard InChI is InChI=1S/C24H48N2O2S/c1-7-10-12-13-15-18-28-20-24(27)26(23(25-6)16-9-3)19-22(5)29-21(4)17-14-11-8-2/h9,16,22-25,27H,4,7-8,10-15,17-20H2,1-3,5-6H3. The number of unbranched alkanes of at least 4 members (excludes halogenated alkanes) is 6. The van der Waals surface area contributed by atoms with Crippen molar-refractivity contribution in [2.45, 2.75) is 103 Å². The molecule has 2 N–H and O–H groups in total. The van der Waals surface area contributed by atoms with E-state index in [1.807, 2.05) is 31.8 Å². The van der Waals surface area contributed by atoms with Gasteiger partial charge in [0, 0.05) is 18.4 Å². The smallest absolute Gasteiger partial charge is 0.132 e. The highest BCUT2D eigenvalue weighted by molar-refractivity contribution is 8.03. The fourth-order valence-corrected chi connectivity index (χ4v) is 4.40. The van der Waals surface area contributed by atoms with E-state index in [1.54, 1.807) is 0 Å². The summed E-state index contributed by atoms with van der Waals surface area (Å²) in [6.45, 7) is 14.8. The molecule has 0 aromatic heterocycles. The molecule has 0 amide bonds. The molecule has 0 aliphatic carbocycles. The van der Waals surface area contributed by atoms with Crippen LogP contribution >= 0.6 is 11.8 Å². The van der Waals surface area contributed by atoms with Gasteiger partial charge in [-0.2, -0.15) is 0 Å². The van der Waals surface area contributed by atoms with Gasteiger partial charge >= 0.3 is 0 Å². The number of nitrogens with one attached hydrogen (secondary N) is 1. The molecule has 0 spiro atoms. The molecule has 3 atom stereocenters. The van der Waals surface area contributed by atoms with Crippen LogP contribution in [0.1, 0.15) is 85.5 Å². The minimum absolute atomic E-state index is 0.0143. The van der Waals surface area contributed by atoms with Crippen molar-refractivity contribution in [1.29, 1.82) is 0 Å². The molecular formula is C24H48N2O2S. The fourth-order valence-electron chi connectivity index (χ4n) is 3.32. The molecule has 0 saturated heterocycles. The van der Waals surface area contributed by atoms with Gasteiger partial charge in [-0.3, -0.25) is 4.90 Å².